The van der Waals surface area contributed by atoms with Crippen molar-refractivity contribution in [2.45, 2.75) is 45.6 Å². The molecule has 0 amide bonds. The molecule has 154 valence electrons. The number of hydrogen-bond donors (Lipinski definition) is 2. The lowest BCUT2D eigenvalue weighted by molar-refractivity contribution is 0.0926. The second kappa shape index (κ2) is 7.21. The van der Waals surface area contributed by atoms with Gasteiger partial charge in [-0.25, -0.2) is 24.2 Å². The van der Waals surface area contributed by atoms with E-state index in [1.54, 1.807) is 13.1 Å². The molecule has 3 fully saturated rings. The zero-order chi connectivity index (χ0) is 21.0. The molecule has 0 spiro atoms. The third-order valence-electron chi connectivity index (χ3n) is 7.00. The maximum absolute atomic E-state index is 15.2. The largest absolute Gasteiger partial charge is 0.364 e. The Morgan fingerprint density at radius 1 is 1.23 bits per heavy atom. The molecular formula is C22H22ClFN6. The number of rotatable bonds is 3. The number of pyridine rings is 1. The Labute approximate surface area is 179 Å². The van der Waals surface area contributed by atoms with E-state index in [1.165, 1.54) is 31.9 Å². The SMILES string of the molecule is [C-]#[N+]c1c(-c2c[nH]c3ncc(Cl)nc23)nc(N[C@H]2C3CCC(CC3)[C@@H]2C)c(F)c1C. The van der Waals surface area contributed by atoms with Crippen LogP contribution in [0.5, 0.6) is 0 Å². The van der Waals surface area contributed by atoms with Gasteiger partial charge in [-0.3, -0.25) is 0 Å². The molecule has 0 aliphatic heterocycles. The van der Waals surface area contributed by atoms with Gasteiger partial charge in [0.2, 0.25) is 5.69 Å². The van der Waals surface area contributed by atoms with Crippen molar-refractivity contribution < 1.29 is 4.39 Å². The van der Waals surface area contributed by atoms with Crippen LogP contribution >= 0.6 is 11.6 Å². The second-order valence-electron chi connectivity index (χ2n) is 8.50. The highest BCUT2D eigenvalue weighted by Gasteiger charge is 2.41. The number of fused-ring (bicyclic) bond motifs is 4. The summed E-state index contributed by atoms with van der Waals surface area (Å²) in [6.07, 6.45) is 8.03. The molecule has 30 heavy (non-hydrogen) atoms. The van der Waals surface area contributed by atoms with Crippen molar-refractivity contribution in [1.82, 2.24) is 19.9 Å². The van der Waals surface area contributed by atoms with E-state index in [0.29, 0.717) is 40.2 Å². The van der Waals surface area contributed by atoms with Gasteiger partial charge < -0.3 is 10.3 Å². The summed E-state index contributed by atoms with van der Waals surface area (Å²) in [5.74, 6) is 1.45. The van der Waals surface area contributed by atoms with Gasteiger partial charge >= 0.3 is 0 Å². The number of nitrogens with zero attached hydrogens (tertiary/aromatic N) is 4. The number of halogens is 2. The van der Waals surface area contributed by atoms with E-state index in [4.69, 9.17) is 18.2 Å². The molecule has 0 radical (unpaired) electrons. The highest BCUT2D eigenvalue weighted by atomic mass is 35.5. The van der Waals surface area contributed by atoms with Crippen LogP contribution in [0.4, 0.5) is 15.9 Å². The summed E-state index contributed by atoms with van der Waals surface area (Å²) < 4.78 is 15.2. The fraction of sp³-hybridized carbons (Fsp3) is 0.455. The first-order valence-electron chi connectivity index (χ1n) is 10.3. The molecule has 3 aromatic rings. The molecule has 3 saturated carbocycles. The Balaban J connectivity index is 1.62. The smallest absolute Gasteiger partial charge is 0.218 e. The summed E-state index contributed by atoms with van der Waals surface area (Å²) in [5, 5.41) is 3.67. The first-order valence-corrected chi connectivity index (χ1v) is 10.7. The van der Waals surface area contributed by atoms with Gasteiger partial charge in [0.25, 0.3) is 0 Å². The van der Waals surface area contributed by atoms with Crippen LogP contribution in [0.25, 0.3) is 27.3 Å². The fourth-order valence-corrected chi connectivity index (χ4v) is 5.44. The lowest BCUT2D eigenvalue weighted by Gasteiger charge is -2.47. The summed E-state index contributed by atoms with van der Waals surface area (Å²) in [5.41, 5.74) is 2.51. The van der Waals surface area contributed by atoms with E-state index in [-0.39, 0.29) is 28.3 Å². The number of H-pyrrole nitrogens is 1. The summed E-state index contributed by atoms with van der Waals surface area (Å²) >= 11 is 6.04. The molecule has 6 rings (SSSR count). The molecular weight excluding hydrogens is 403 g/mol. The number of hydrogen-bond acceptors (Lipinski definition) is 4. The van der Waals surface area contributed by atoms with Crippen molar-refractivity contribution in [3.8, 4) is 11.3 Å². The van der Waals surface area contributed by atoms with Crippen molar-refractivity contribution in [2.24, 2.45) is 17.8 Å². The molecule has 0 unspecified atom stereocenters. The van der Waals surface area contributed by atoms with Gasteiger partial charge in [-0.05, 0) is 55.9 Å². The van der Waals surface area contributed by atoms with Crippen molar-refractivity contribution in [3.63, 3.8) is 0 Å². The molecule has 3 aromatic heterocycles. The minimum absolute atomic E-state index is 0.180. The normalized spacial score (nSPS) is 25.4. The van der Waals surface area contributed by atoms with Crippen LogP contribution in [0.3, 0.4) is 0 Å². The molecule has 0 aromatic carbocycles. The Morgan fingerprint density at radius 2 is 1.97 bits per heavy atom. The summed E-state index contributed by atoms with van der Waals surface area (Å²) in [6.45, 7) is 11.5. The maximum Gasteiger partial charge on any atom is 0.218 e. The van der Waals surface area contributed by atoms with Gasteiger partial charge in [0.1, 0.15) is 10.7 Å². The van der Waals surface area contributed by atoms with Crippen molar-refractivity contribution in [1.29, 1.82) is 0 Å². The van der Waals surface area contributed by atoms with Gasteiger partial charge in [-0.15, -0.1) is 0 Å². The van der Waals surface area contributed by atoms with Crippen LogP contribution in [0, 0.1) is 37.1 Å². The van der Waals surface area contributed by atoms with Crippen LogP contribution in [0.15, 0.2) is 12.4 Å². The van der Waals surface area contributed by atoms with Crippen LogP contribution in [0.2, 0.25) is 5.15 Å². The predicted molar refractivity (Wildman–Crippen MR) is 115 cm³/mol. The lowest BCUT2D eigenvalue weighted by Crippen LogP contribution is -2.47. The van der Waals surface area contributed by atoms with Gasteiger partial charge in [0.05, 0.1) is 18.5 Å². The van der Waals surface area contributed by atoms with E-state index in [2.05, 4.69) is 37.0 Å². The minimum atomic E-state index is -0.456. The molecule has 2 atom stereocenters. The fourth-order valence-electron chi connectivity index (χ4n) is 5.30. The Bertz CT molecular complexity index is 1170. The monoisotopic (exact) mass is 424 g/mol. The number of aromatic amines is 1. The zero-order valence-electron chi connectivity index (χ0n) is 16.8. The average molecular weight is 425 g/mol. The molecule has 8 heteroatoms. The van der Waals surface area contributed by atoms with Gasteiger partial charge in [0.15, 0.2) is 17.3 Å². The Morgan fingerprint density at radius 3 is 2.67 bits per heavy atom. The number of nitrogens with one attached hydrogen (secondary N) is 2. The van der Waals surface area contributed by atoms with Crippen LogP contribution in [-0.4, -0.2) is 26.0 Å². The highest BCUT2D eigenvalue weighted by Crippen LogP contribution is 2.46. The van der Waals surface area contributed by atoms with E-state index >= 15 is 4.39 Å². The summed E-state index contributed by atoms with van der Waals surface area (Å²) in [4.78, 5) is 19.8. The standard InChI is InChI=1S/C22H22ClFN6/c1-10-12-4-6-13(7-5-12)17(10)29-21-16(24)11(2)18(25-3)19(30-21)14-8-26-22-20(14)28-15(23)9-27-22/h8-10,12-13,17H,4-7H2,1-2H3,(H,26,27)(H,29,30)/t10-,12?,13?,17+/m0/s1. The van der Waals surface area contributed by atoms with Crippen molar-refractivity contribution in [3.05, 3.63) is 40.3 Å². The molecule has 6 nitrogen and oxygen atoms in total. The Hall–Kier alpha value is -2.72. The van der Waals surface area contributed by atoms with Gasteiger partial charge in [-0.2, -0.15) is 0 Å². The average Bonchev–Trinajstić information content (AvgIpc) is 3.16. The first-order chi connectivity index (χ1) is 14.5. The molecule has 0 saturated heterocycles. The lowest BCUT2D eigenvalue weighted by atomic mass is 9.62. The summed E-state index contributed by atoms with van der Waals surface area (Å²) in [7, 11) is 0. The molecule has 2 bridgehead atoms. The third kappa shape index (κ3) is 2.93. The predicted octanol–water partition coefficient (Wildman–Crippen LogP) is 5.91. The summed E-state index contributed by atoms with van der Waals surface area (Å²) in [6, 6.07) is 0.197. The van der Waals surface area contributed by atoms with Crippen LogP contribution in [-0.2, 0) is 0 Å². The third-order valence-corrected chi connectivity index (χ3v) is 7.18. The quantitative estimate of drug-likeness (QED) is 0.513. The zero-order valence-corrected chi connectivity index (χ0v) is 17.6. The minimum Gasteiger partial charge on any atom is -0.364 e. The van der Waals surface area contributed by atoms with Crippen molar-refractivity contribution in [2.75, 3.05) is 5.32 Å². The van der Waals surface area contributed by atoms with Crippen LogP contribution < -0.4 is 5.32 Å². The molecule has 2 N–H and O–H groups in total. The number of aromatic nitrogens is 4. The van der Waals surface area contributed by atoms with E-state index in [1.807, 2.05) is 0 Å². The molecule has 3 aliphatic carbocycles. The van der Waals surface area contributed by atoms with Crippen molar-refractivity contribution >= 4 is 34.3 Å². The highest BCUT2D eigenvalue weighted by molar-refractivity contribution is 6.29. The Kier molecular flexibility index (Phi) is 4.62. The molecule has 3 heterocycles. The first kappa shape index (κ1) is 19.3. The maximum atomic E-state index is 15.2. The van der Waals surface area contributed by atoms with E-state index in [0.717, 1.165) is 0 Å². The topological polar surface area (TPSA) is 70.8 Å². The van der Waals surface area contributed by atoms with E-state index in [9.17, 15) is 0 Å². The molecule has 3 aliphatic rings. The van der Waals surface area contributed by atoms with Crippen LogP contribution in [0.1, 0.15) is 38.2 Å². The van der Waals surface area contributed by atoms with E-state index < -0.39 is 5.82 Å². The number of anilines is 1. The van der Waals surface area contributed by atoms with Gasteiger partial charge in [0, 0.05) is 17.8 Å². The van der Waals surface area contributed by atoms with Gasteiger partial charge in [-0.1, -0.05) is 18.5 Å². The second-order valence-corrected chi connectivity index (χ2v) is 8.89.